The summed E-state index contributed by atoms with van der Waals surface area (Å²) in [5.74, 6) is 0.601. The number of nitrogens with one attached hydrogen (secondary N) is 4. The van der Waals surface area contributed by atoms with E-state index in [2.05, 4.69) is 26.3 Å². The summed E-state index contributed by atoms with van der Waals surface area (Å²) in [6.45, 7) is 1.54. The summed E-state index contributed by atoms with van der Waals surface area (Å²) in [5, 5.41) is 11.4. The highest BCUT2D eigenvalue weighted by molar-refractivity contribution is 5.93. The van der Waals surface area contributed by atoms with Crippen LogP contribution in [0.5, 0.6) is 11.5 Å². The molecule has 0 saturated carbocycles. The average Bonchev–Trinajstić information content (AvgIpc) is 2.87. The fourth-order valence-electron chi connectivity index (χ4n) is 4.88. The van der Waals surface area contributed by atoms with Crippen LogP contribution >= 0.6 is 0 Å². The predicted molar refractivity (Wildman–Crippen MR) is 144 cm³/mol. The Hall–Kier alpha value is -3.96. The molecule has 0 bridgehead atoms. The van der Waals surface area contributed by atoms with Gasteiger partial charge in [-0.15, -0.1) is 0 Å². The third kappa shape index (κ3) is 6.60. The van der Waals surface area contributed by atoms with Gasteiger partial charge in [-0.25, -0.2) is 4.98 Å². The van der Waals surface area contributed by atoms with Crippen LogP contribution in [0.3, 0.4) is 0 Å². The lowest BCUT2D eigenvalue weighted by Crippen LogP contribution is -2.48. The first kappa shape index (κ1) is 27.6. The number of rotatable bonds is 8. The summed E-state index contributed by atoms with van der Waals surface area (Å²) in [4.78, 5) is 29.5. The molecule has 11 heteroatoms. The molecular formula is C29H30F3N5O3. The minimum Gasteiger partial charge on any atom is -0.457 e. The number of anilines is 2. The molecule has 1 fully saturated rings. The molecule has 1 atom stereocenters. The summed E-state index contributed by atoms with van der Waals surface area (Å²) in [6, 6.07) is 12.6. The Morgan fingerprint density at radius 1 is 0.975 bits per heavy atom. The molecule has 1 aliphatic heterocycles. The number of carbonyl (C=O) groups excluding carboxylic acids is 2. The number of amides is 2. The second-order valence-electron chi connectivity index (χ2n) is 10.1. The second kappa shape index (κ2) is 11.6. The van der Waals surface area contributed by atoms with Crippen molar-refractivity contribution in [2.45, 2.75) is 32.0 Å². The standard InChI is InChI=1S/C29H30F3N5O3/c1-33-14-17-8-22(29(30,31)32)12-23(9-17)36-27(38)19-3-2-18-4-5-24(11-20(18)10-19)40-25-6-7-35-26(13-25)37-28(39)21-15-34-16-21/h4-9,11-13,19,21,33-34H,2-3,10,14-16H2,1H3,(H,36,38)(H,35,37,39). The highest BCUT2D eigenvalue weighted by Gasteiger charge is 2.32. The maximum absolute atomic E-state index is 13.4. The van der Waals surface area contributed by atoms with E-state index < -0.39 is 17.7 Å². The van der Waals surface area contributed by atoms with Crippen LogP contribution in [-0.4, -0.2) is 36.9 Å². The van der Waals surface area contributed by atoms with Crippen LogP contribution in [-0.2, 0) is 35.2 Å². The molecule has 1 aliphatic carbocycles. The zero-order valence-electron chi connectivity index (χ0n) is 21.9. The van der Waals surface area contributed by atoms with Crippen molar-refractivity contribution in [2.75, 3.05) is 30.8 Å². The van der Waals surface area contributed by atoms with Crippen molar-refractivity contribution < 1.29 is 27.5 Å². The molecular weight excluding hydrogens is 523 g/mol. The molecule has 1 unspecified atom stereocenters. The van der Waals surface area contributed by atoms with E-state index in [0.717, 1.165) is 23.3 Å². The molecule has 3 aromatic rings. The lowest BCUT2D eigenvalue weighted by Gasteiger charge is -2.25. The molecule has 0 radical (unpaired) electrons. The van der Waals surface area contributed by atoms with Gasteiger partial charge in [0.25, 0.3) is 0 Å². The molecule has 0 spiro atoms. The van der Waals surface area contributed by atoms with Crippen molar-refractivity contribution in [3.63, 3.8) is 0 Å². The SMILES string of the molecule is CNCc1cc(NC(=O)C2CCc3ccc(Oc4ccnc(NC(=O)C5CNC5)c4)cc3C2)cc(C(F)(F)F)c1. The van der Waals surface area contributed by atoms with E-state index in [9.17, 15) is 22.8 Å². The molecule has 8 nitrogen and oxygen atoms in total. The van der Waals surface area contributed by atoms with Gasteiger partial charge in [0.15, 0.2) is 0 Å². The summed E-state index contributed by atoms with van der Waals surface area (Å²) in [6.07, 6.45) is -1.26. The largest absolute Gasteiger partial charge is 0.457 e. The van der Waals surface area contributed by atoms with Crippen LogP contribution in [0.4, 0.5) is 24.7 Å². The molecule has 4 N–H and O–H groups in total. The number of pyridine rings is 1. The molecule has 2 amide bonds. The average molecular weight is 554 g/mol. The number of hydrogen-bond donors (Lipinski definition) is 4. The zero-order chi connectivity index (χ0) is 28.3. The lowest BCUT2D eigenvalue weighted by atomic mass is 9.83. The van der Waals surface area contributed by atoms with E-state index in [1.54, 1.807) is 31.4 Å². The predicted octanol–water partition coefficient (Wildman–Crippen LogP) is 4.51. The van der Waals surface area contributed by atoms with Gasteiger partial charge in [-0.05, 0) is 79.4 Å². The van der Waals surface area contributed by atoms with Crippen LogP contribution in [0, 0.1) is 11.8 Å². The quantitative estimate of drug-likeness (QED) is 0.327. The van der Waals surface area contributed by atoms with E-state index in [-0.39, 0.29) is 30.0 Å². The van der Waals surface area contributed by atoms with Crippen LogP contribution in [0.1, 0.15) is 28.7 Å². The third-order valence-corrected chi connectivity index (χ3v) is 7.12. The number of fused-ring (bicyclic) bond motifs is 1. The van der Waals surface area contributed by atoms with Gasteiger partial charge in [-0.3, -0.25) is 9.59 Å². The minimum atomic E-state index is -4.52. The van der Waals surface area contributed by atoms with E-state index in [1.165, 1.54) is 0 Å². The number of benzene rings is 2. The monoisotopic (exact) mass is 553 g/mol. The molecule has 210 valence electrons. The van der Waals surface area contributed by atoms with Crippen LogP contribution in [0.2, 0.25) is 0 Å². The summed E-state index contributed by atoms with van der Waals surface area (Å²) >= 11 is 0. The molecule has 5 rings (SSSR count). The van der Waals surface area contributed by atoms with E-state index >= 15 is 0 Å². The first-order valence-electron chi connectivity index (χ1n) is 13.1. The fraction of sp³-hybridized carbons (Fsp3) is 0.345. The van der Waals surface area contributed by atoms with E-state index in [1.807, 2.05) is 18.2 Å². The first-order valence-corrected chi connectivity index (χ1v) is 13.1. The summed E-state index contributed by atoms with van der Waals surface area (Å²) in [5.41, 5.74) is 1.81. The van der Waals surface area contributed by atoms with Crippen molar-refractivity contribution in [3.05, 3.63) is 77.0 Å². The van der Waals surface area contributed by atoms with Gasteiger partial charge in [-0.2, -0.15) is 13.2 Å². The van der Waals surface area contributed by atoms with Crippen molar-refractivity contribution in [1.29, 1.82) is 0 Å². The number of alkyl halides is 3. The van der Waals surface area contributed by atoms with E-state index in [4.69, 9.17) is 4.74 Å². The van der Waals surface area contributed by atoms with Crippen LogP contribution in [0.25, 0.3) is 0 Å². The molecule has 40 heavy (non-hydrogen) atoms. The molecule has 1 saturated heterocycles. The minimum absolute atomic E-state index is 0.0684. The number of hydrogen-bond acceptors (Lipinski definition) is 6. The number of aromatic nitrogens is 1. The zero-order valence-corrected chi connectivity index (χ0v) is 21.9. The molecule has 2 aliphatic rings. The number of halogens is 3. The van der Waals surface area contributed by atoms with Crippen molar-refractivity contribution in [2.24, 2.45) is 11.8 Å². The topological polar surface area (TPSA) is 104 Å². The van der Waals surface area contributed by atoms with Gasteiger partial charge in [0.05, 0.1) is 11.5 Å². The summed E-state index contributed by atoms with van der Waals surface area (Å²) in [7, 11) is 1.65. The van der Waals surface area contributed by atoms with Crippen molar-refractivity contribution in [1.82, 2.24) is 15.6 Å². The Balaban J connectivity index is 1.25. The Morgan fingerprint density at radius 2 is 1.75 bits per heavy atom. The second-order valence-corrected chi connectivity index (χ2v) is 10.1. The highest BCUT2D eigenvalue weighted by Crippen LogP contribution is 2.34. The Kier molecular flexibility index (Phi) is 8.04. The number of ether oxygens (including phenoxy) is 1. The van der Waals surface area contributed by atoms with Gasteiger partial charge in [0, 0.05) is 43.5 Å². The Bertz CT molecular complexity index is 1410. The van der Waals surface area contributed by atoms with Crippen LogP contribution < -0.4 is 26.0 Å². The molecule has 2 heterocycles. The van der Waals surface area contributed by atoms with Crippen molar-refractivity contribution >= 4 is 23.3 Å². The maximum atomic E-state index is 13.4. The fourth-order valence-corrected chi connectivity index (χ4v) is 4.88. The highest BCUT2D eigenvalue weighted by atomic mass is 19.4. The lowest BCUT2D eigenvalue weighted by molar-refractivity contribution is -0.137. The smallest absolute Gasteiger partial charge is 0.416 e. The number of carbonyl (C=O) groups is 2. The van der Waals surface area contributed by atoms with Gasteiger partial charge in [0.1, 0.15) is 17.3 Å². The molecule has 2 aromatic carbocycles. The van der Waals surface area contributed by atoms with Crippen LogP contribution in [0.15, 0.2) is 54.7 Å². The van der Waals surface area contributed by atoms with Gasteiger partial charge < -0.3 is 26.0 Å². The van der Waals surface area contributed by atoms with Crippen molar-refractivity contribution in [3.8, 4) is 11.5 Å². The molecule has 1 aromatic heterocycles. The number of aryl methyl sites for hydroxylation is 1. The maximum Gasteiger partial charge on any atom is 0.416 e. The van der Waals surface area contributed by atoms with Gasteiger partial charge >= 0.3 is 6.18 Å². The third-order valence-electron chi connectivity index (χ3n) is 7.12. The normalized spacial score (nSPS) is 16.9. The first-order chi connectivity index (χ1) is 19.2. The number of nitrogens with zero attached hydrogens (tertiary/aromatic N) is 1. The Labute approximate surface area is 229 Å². The van der Waals surface area contributed by atoms with Gasteiger partial charge in [0.2, 0.25) is 11.8 Å². The Morgan fingerprint density at radius 3 is 2.48 bits per heavy atom. The van der Waals surface area contributed by atoms with E-state index in [0.29, 0.717) is 55.2 Å². The summed E-state index contributed by atoms with van der Waals surface area (Å²) < 4.78 is 46.2. The van der Waals surface area contributed by atoms with Gasteiger partial charge in [-0.1, -0.05) is 6.07 Å².